The molecule has 0 aliphatic carbocycles. The molecular weight excluding hydrogens is 283 g/mol. The van der Waals surface area contributed by atoms with Gasteiger partial charge in [-0.15, -0.1) is 0 Å². The molecule has 4 nitrogen and oxygen atoms in total. The van der Waals surface area contributed by atoms with E-state index in [1.165, 1.54) is 24.3 Å². The SMILES string of the molecule is CCC[C@@H](CN1C[C@@H](O)[C@H]1C)N(C)C(=O)c1ccc(F)cc1. The van der Waals surface area contributed by atoms with E-state index in [0.717, 1.165) is 19.4 Å². The number of carbonyl (C=O) groups is 1. The van der Waals surface area contributed by atoms with Crippen LogP contribution in [0.4, 0.5) is 4.39 Å². The lowest BCUT2D eigenvalue weighted by Gasteiger charge is -2.46. The number of hydrogen-bond donors (Lipinski definition) is 1. The molecule has 1 aliphatic rings. The zero-order chi connectivity index (χ0) is 16.3. The monoisotopic (exact) mass is 308 g/mol. The number of β-amino-alcohol motifs (C(OH)–C–C–N with tert-alkyl or cyclic N) is 1. The van der Waals surface area contributed by atoms with Crippen molar-refractivity contribution in [3.63, 3.8) is 0 Å². The van der Waals surface area contributed by atoms with Crippen molar-refractivity contribution in [1.29, 1.82) is 0 Å². The third-order valence-electron chi connectivity index (χ3n) is 4.58. The summed E-state index contributed by atoms with van der Waals surface area (Å²) in [5.41, 5.74) is 0.502. The summed E-state index contributed by atoms with van der Waals surface area (Å²) in [4.78, 5) is 16.5. The van der Waals surface area contributed by atoms with Crippen LogP contribution in [0.25, 0.3) is 0 Å². The maximum Gasteiger partial charge on any atom is 0.253 e. The van der Waals surface area contributed by atoms with Gasteiger partial charge in [0.25, 0.3) is 5.91 Å². The highest BCUT2D eigenvalue weighted by atomic mass is 19.1. The summed E-state index contributed by atoms with van der Waals surface area (Å²) in [7, 11) is 1.80. The molecule has 22 heavy (non-hydrogen) atoms. The summed E-state index contributed by atoms with van der Waals surface area (Å²) in [6.07, 6.45) is 1.62. The summed E-state index contributed by atoms with van der Waals surface area (Å²) >= 11 is 0. The summed E-state index contributed by atoms with van der Waals surface area (Å²) in [5, 5.41) is 9.62. The number of likely N-dealkylation sites (N-methyl/N-ethyl adjacent to an activating group) is 1. The van der Waals surface area contributed by atoms with Gasteiger partial charge in [0.05, 0.1) is 6.10 Å². The van der Waals surface area contributed by atoms with Gasteiger partial charge in [0.1, 0.15) is 5.82 Å². The van der Waals surface area contributed by atoms with Crippen molar-refractivity contribution in [2.24, 2.45) is 0 Å². The predicted molar refractivity (Wildman–Crippen MR) is 84.2 cm³/mol. The summed E-state index contributed by atoms with van der Waals surface area (Å²) in [5.74, 6) is -0.431. The summed E-state index contributed by atoms with van der Waals surface area (Å²) < 4.78 is 13.0. The average Bonchev–Trinajstić information content (AvgIpc) is 2.52. The van der Waals surface area contributed by atoms with E-state index in [4.69, 9.17) is 0 Å². The fourth-order valence-electron chi connectivity index (χ4n) is 2.88. The van der Waals surface area contributed by atoms with Gasteiger partial charge in [-0.25, -0.2) is 4.39 Å². The van der Waals surface area contributed by atoms with Gasteiger partial charge in [0, 0.05) is 37.8 Å². The fraction of sp³-hybridized carbons (Fsp3) is 0.588. The number of carbonyl (C=O) groups excluding carboxylic acids is 1. The average molecular weight is 308 g/mol. The van der Waals surface area contributed by atoms with Crippen LogP contribution in [0.2, 0.25) is 0 Å². The van der Waals surface area contributed by atoms with Crippen molar-refractivity contribution in [1.82, 2.24) is 9.80 Å². The van der Waals surface area contributed by atoms with Crippen LogP contribution < -0.4 is 0 Å². The Balaban J connectivity index is 2.03. The molecule has 5 heteroatoms. The fourth-order valence-corrected chi connectivity index (χ4v) is 2.88. The number of benzene rings is 1. The van der Waals surface area contributed by atoms with Crippen molar-refractivity contribution in [2.75, 3.05) is 20.1 Å². The molecule has 0 spiro atoms. The molecule has 0 saturated carbocycles. The lowest BCUT2D eigenvalue weighted by molar-refractivity contribution is -0.0614. The molecule has 0 aromatic heterocycles. The molecular formula is C17H25FN2O2. The Hall–Kier alpha value is -1.46. The van der Waals surface area contributed by atoms with E-state index < -0.39 is 0 Å². The third kappa shape index (κ3) is 3.65. The van der Waals surface area contributed by atoms with Crippen molar-refractivity contribution in [2.45, 2.75) is 44.9 Å². The number of halogens is 1. The molecule has 1 aliphatic heterocycles. The molecule has 0 radical (unpaired) electrons. The van der Waals surface area contributed by atoms with Crippen molar-refractivity contribution >= 4 is 5.91 Å². The molecule has 1 heterocycles. The molecule has 1 aromatic rings. The van der Waals surface area contributed by atoms with Crippen molar-refractivity contribution in [3.8, 4) is 0 Å². The number of aliphatic hydroxyl groups excluding tert-OH is 1. The first-order chi connectivity index (χ1) is 10.4. The van der Waals surface area contributed by atoms with Gasteiger partial charge in [-0.05, 0) is 37.6 Å². The molecule has 1 N–H and O–H groups in total. The Morgan fingerprint density at radius 2 is 2.09 bits per heavy atom. The van der Waals surface area contributed by atoms with Crippen molar-refractivity contribution < 1.29 is 14.3 Å². The first-order valence-electron chi connectivity index (χ1n) is 7.88. The number of hydrogen-bond acceptors (Lipinski definition) is 3. The molecule has 1 amide bonds. The van der Waals surface area contributed by atoms with Gasteiger partial charge in [-0.3, -0.25) is 9.69 Å². The van der Waals surface area contributed by atoms with E-state index in [1.54, 1.807) is 11.9 Å². The van der Waals surface area contributed by atoms with Gasteiger partial charge in [-0.1, -0.05) is 13.3 Å². The minimum absolute atomic E-state index is 0.0906. The van der Waals surface area contributed by atoms with Crippen LogP contribution in [-0.2, 0) is 0 Å². The quantitative estimate of drug-likeness (QED) is 0.875. The Bertz CT molecular complexity index is 506. The van der Waals surface area contributed by atoms with E-state index in [0.29, 0.717) is 12.1 Å². The number of nitrogens with zero attached hydrogens (tertiary/aromatic N) is 2. The van der Waals surface area contributed by atoms with E-state index in [-0.39, 0.29) is 29.9 Å². The number of aliphatic hydroxyl groups is 1. The summed E-state index contributed by atoms with van der Waals surface area (Å²) in [6.45, 7) is 5.52. The Kier molecular flexibility index (Phi) is 5.53. The van der Waals surface area contributed by atoms with Crippen LogP contribution in [0.3, 0.4) is 0 Å². The van der Waals surface area contributed by atoms with Gasteiger partial charge in [0.2, 0.25) is 0 Å². The molecule has 0 bridgehead atoms. The second-order valence-electron chi connectivity index (χ2n) is 6.13. The van der Waals surface area contributed by atoms with Crippen molar-refractivity contribution in [3.05, 3.63) is 35.6 Å². The number of amides is 1. The first kappa shape index (κ1) is 16.9. The lowest BCUT2D eigenvalue weighted by atomic mass is 9.98. The maximum atomic E-state index is 13.0. The lowest BCUT2D eigenvalue weighted by Crippen LogP contribution is -2.61. The minimum atomic E-state index is -0.340. The van der Waals surface area contributed by atoms with E-state index in [1.807, 2.05) is 6.92 Å². The second-order valence-corrected chi connectivity index (χ2v) is 6.13. The zero-order valence-corrected chi connectivity index (χ0v) is 13.5. The number of likely N-dealkylation sites (tertiary alicyclic amines) is 1. The Morgan fingerprint density at radius 1 is 1.45 bits per heavy atom. The van der Waals surface area contributed by atoms with Crippen LogP contribution in [0.5, 0.6) is 0 Å². The maximum absolute atomic E-state index is 13.0. The van der Waals surface area contributed by atoms with Crippen LogP contribution in [-0.4, -0.2) is 59.1 Å². The van der Waals surface area contributed by atoms with E-state index >= 15 is 0 Å². The molecule has 1 aromatic carbocycles. The first-order valence-corrected chi connectivity index (χ1v) is 7.88. The Morgan fingerprint density at radius 3 is 2.59 bits per heavy atom. The number of rotatable bonds is 6. The molecule has 2 rings (SSSR count). The molecule has 0 unspecified atom stereocenters. The van der Waals surface area contributed by atoms with Crippen LogP contribution >= 0.6 is 0 Å². The third-order valence-corrected chi connectivity index (χ3v) is 4.58. The highest BCUT2D eigenvalue weighted by Crippen LogP contribution is 2.21. The van der Waals surface area contributed by atoms with Crippen LogP contribution in [0.15, 0.2) is 24.3 Å². The van der Waals surface area contributed by atoms with Gasteiger partial charge in [-0.2, -0.15) is 0 Å². The molecule has 1 saturated heterocycles. The minimum Gasteiger partial charge on any atom is -0.390 e. The molecule has 3 atom stereocenters. The van der Waals surface area contributed by atoms with Gasteiger partial charge < -0.3 is 10.0 Å². The summed E-state index contributed by atoms with van der Waals surface area (Å²) in [6, 6.07) is 5.90. The molecule has 1 fully saturated rings. The predicted octanol–water partition coefficient (Wildman–Crippen LogP) is 2.13. The Labute approximate surface area is 131 Å². The van der Waals surface area contributed by atoms with E-state index in [9.17, 15) is 14.3 Å². The highest BCUT2D eigenvalue weighted by molar-refractivity contribution is 5.94. The normalized spacial score (nSPS) is 23.0. The standard InChI is InChI=1S/C17H25FN2O2/c1-4-5-15(10-20-11-16(21)12(20)2)19(3)17(22)13-6-8-14(18)9-7-13/h6-9,12,15-16,21H,4-5,10-11H2,1-3H3/t12-,15+,16-/m1/s1. The van der Waals surface area contributed by atoms with Crippen LogP contribution in [0.1, 0.15) is 37.0 Å². The topological polar surface area (TPSA) is 43.8 Å². The van der Waals surface area contributed by atoms with Crippen LogP contribution in [0, 0.1) is 5.82 Å². The largest absolute Gasteiger partial charge is 0.390 e. The molecule has 122 valence electrons. The highest BCUT2D eigenvalue weighted by Gasteiger charge is 2.36. The van der Waals surface area contributed by atoms with Gasteiger partial charge in [0.15, 0.2) is 0 Å². The second kappa shape index (κ2) is 7.20. The van der Waals surface area contributed by atoms with E-state index in [2.05, 4.69) is 11.8 Å². The van der Waals surface area contributed by atoms with Gasteiger partial charge >= 0.3 is 0 Å². The smallest absolute Gasteiger partial charge is 0.253 e. The zero-order valence-electron chi connectivity index (χ0n) is 13.5.